The van der Waals surface area contributed by atoms with Crippen LogP contribution in [0.4, 0.5) is 0 Å². The number of hydrogen-bond acceptors (Lipinski definition) is 2. The van der Waals surface area contributed by atoms with Crippen LogP contribution in [0, 0.1) is 19.3 Å². The van der Waals surface area contributed by atoms with E-state index in [2.05, 4.69) is 18.9 Å². The number of likely N-dealkylation sites (N-methyl/N-ethyl adjacent to an activating group) is 1. The summed E-state index contributed by atoms with van der Waals surface area (Å²) in [6.07, 6.45) is 2.44. The van der Waals surface area contributed by atoms with E-state index >= 15 is 0 Å². The maximum atomic E-state index is 12.6. The Kier molecular flexibility index (Phi) is 3.45. The molecule has 1 saturated carbocycles. The number of amides is 1. The van der Waals surface area contributed by atoms with Crippen LogP contribution in [0.25, 0.3) is 0 Å². The van der Waals surface area contributed by atoms with Crippen molar-refractivity contribution in [1.82, 2.24) is 14.7 Å². The first-order valence-electron chi connectivity index (χ1n) is 7.06. The topological polar surface area (TPSA) is 38.1 Å². The van der Waals surface area contributed by atoms with Crippen LogP contribution in [0.5, 0.6) is 0 Å². The van der Waals surface area contributed by atoms with E-state index in [1.807, 2.05) is 43.5 Å². The minimum absolute atomic E-state index is 0.145. The van der Waals surface area contributed by atoms with Crippen LogP contribution >= 0.6 is 0 Å². The zero-order valence-corrected chi connectivity index (χ0v) is 12.9. The Balaban J connectivity index is 2.12. The summed E-state index contributed by atoms with van der Waals surface area (Å²) >= 11 is 0. The van der Waals surface area contributed by atoms with Gasteiger partial charge < -0.3 is 4.90 Å². The van der Waals surface area contributed by atoms with Crippen molar-refractivity contribution < 1.29 is 4.79 Å². The maximum absolute atomic E-state index is 12.6. The lowest BCUT2D eigenvalue weighted by Gasteiger charge is -2.32. The van der Waals surface area contributed by atoms with Crippen LogP contribution in [0.1, 0.15) is 51.0 Å². The van der Waals surface area contributed by atoms with E-state index in [9.17, 15) is 4.79 Å². The first-order chi connectivity index (χ1) is 8.76. The minimum Gasteiger partial charge on any atom is -0.341 e. The molecule has 1 fully saturated rings. The Labute approximate surface area is 115 Å². The van der Waals surface area contributed by atoms with Crippen LogP contribution in [-0.2, 0) is 4.79 Å². The molecule has 0 radical (unpaired) electrons. The molecular weight excluding hydrogens is 238 g/mol. The second kappa shape index (κ2) is 4.66. The quantitative estimate of drug-likeness (QED) is 0.837. The van der Waals surface area contributed by atoms with Crippen LogP contribution in [0.2, 0.25) is 0 Å². The molecule has 2 atom stereocenters. The van der Waals surface area contributed by atoms with Crippen molar-refractivity contribution >= 4 is 5.91 Å². The number of nitrogens with zero attached hydrogens (tertiary/aromatic N) is 3. The molecule has 0 N–H and O–H groups in total. The third-order valence-electron chi connectivity index (χ3n) is 4.74. The molecule has 1 aliphatic rings. The number of rotatable bonds is 4. The van der Waals surface area contributed by atoms with Crippen LogP contribution < -0.4 is 0 Å². The lowest BCUT2D eigenvalue weighted by molar-refractivity contribution is -0.136. The molecule has 19 heavy (non-hydrogen) atoms. The lowest BCUT2D eigenvalue weighted by atomic mass is 9.99. The Bertz CT molecular complexity index is 488. The van der Waals surface area contributed by atoms with Gasteiger partial charge in [0.2, 0.25) is 5.91 Å². The summed E-state index contributed by atoms with van der Waals surface area (Å²) in [6.45, 7) is 10.3. The van der Waals surface area contributed by atoms with Crippen LogP contribution in [-0.4, -0.2) is 33.7 Å². The van der Waals surface area contributed by atoms with Gasteiger partial charge in [-0.1, -0.05) is 6.92 Å². The highest BCUT2D eigenvalue weighted by Gasteiger charge is 2.45. The smallest absolute Gasteiger partial charge is 0.247 e. The van der Waals surface area contributed by atoms with E-state index in [0.717, 1.165) is 11.4 Å². The van der Waals surface area contributed by atoms with Crippen molar-refractivity contribution in [2.75, 3.05) is 7.05 Å². The second-order valence-corrected chi connectivity index (χ2v) is 6.33. The third-order valence-corrected chi connectivity index (χ3v) is 4.74. The average molecular weight is 263 g/mol. The maximum Gasteiger partial charge on any atom is 0.247 e. The summed E-state index contributed by atoms with van der Waals surface area (Å²) in [5.41, 5.74) is 2.32. The molecule has 4 nitrogen and oxygen atoms in total. The fraction of sp³-hybridized carbons (Fsp3) is 0.733. The van der Waals surface area contributed by atoms with Gasteiger partial charge in [-0.3, -0.25) is 9.48 Å². The van der Waals surface area contributed by atoms with E-state index in [0.29, 0.717) is 11.5 Å². The van der Waals surface area contributed by atoms with Crippen molar-refractivity contribution in [3.05, 3.63) is 17.5 Å². The van der Waals surface area contributed by atoms with Gasteiger partial charge in [-0.15, -0.1) is 0 Å². The summed E-state index contributed by atoms with van der Waals surface area (Å²) < 4.78 is 1.83. The van der Waals surface area contributed by atoms with Crippen LogP contribution in [0.3, 0.4) is 0 Å². The van der Waals surface area contributed by atoms with Gasteiger partial charge in [0.25, 0.3) is 0 Å². The van der Waals surface area contributed by atoms with E-state index in [1.165, 1.54) is 12.8 Å². The molecule has 4 heteroatoms. The summed E-state index contributed by atoms with van der Waals surface area (Å²) in [5, 5.41) is 4.42. The van der Waals surface area contributed by atoms with Crippen LogP contribution in [0.15, 0.2) is 6.07 Å². The van der Waals surface area contributed by atoms with Gasteiger partial charge in [-0.2, -0.15) is 5.10 Å². The Hall–Kier alpha value is -1.32. The minimum atomic E-state index is -0.233. The largest absolute Gasteiger partial charge is 0.341 e. The zero-order valence-electron chi connectivity index (χ0n) is 12.9. The van der Waals surface area contributed by atoms with Gasteiger partial charge in [-0.25, -0.2) is 0 Å². The zero-order chi connectivity index (χ0) is 14.4. The molecule has 106 valence electrons. The molecule has 2 unspecified atom stereocenters. The Morgan fingerprint density at radius 1 is 1.42 bits per heavy atom. The fourth-order valence-electron chi connectivity index (χ4n) is 2.71. The lowest BCUT2D eigenvalue weighted by Crippen LogP contribution is -2.43. The predicted octanol–water partition coefficient (Wildman–Crippen LogP) is 2.71. The first kappa shape index (κ1) is 14.1. The van der Waals surface area contributed by atoms with Gasteiger partial charge in [0, 0.05) is 18.8 Å². The fourth-order valence-corrected chi connectivity index (χ4v) is 2.71. The number of hydrogen-bond donors (Lipinski definition) is 0. The highest BCUT2D eigenvalue weighted by Crippen LogP contribution is 2.49. The number of carbonyl (C=O) groups excluding carboxylic acids is 1. The van der Waals surface area contributed by atoms with E-state index in [4.69, 9.17) is 0 Å². The standard InChI is InChI=1S/C15H25N3O/c1-10-9-11(2)18(16-10)12(3)14(19)17(6)13(4)15(5)7-8-15/h9,12-13H,7-8H2,1-6H3. The number of aryl methyl sites for hydroxylation is 2. The monoisotopic (exact) mass is 263 g/mol. The Morgan fingerprint density at radius 2 is 2.00 bits per heavy atom. The summed E-state index contributed by atoms with van der Waals surface area (Å²) in [6, 6.07) is 2.07. The first-order valence-corrected chi connectivity index (χ1v) is 7.06. The predicted molar refractivity (Wildman–Crippen MR) is 76.0 cm³/mol. The van der Waals surface area contributed by atoms with Gasteiger partial charge in [0.05, 0.1) is 5.69 Å². The number of aromatic nitrogens is 2. The van der Waals surface area contributed by atoms with E-state index in [-0.39, 0.29) is 11.9 Å². The van der Waals surface area contributed by atoms with E-state index < -0.39 is 0 Å². The molecule has 0 aliphatic heterocycles. The van der Waals surface area contributed by atoms with Crippen molar-refractivity contribution in [1.29, 1.82) is 0 Å². The molecule has 0 saturated heterocycles. The van der Waals surface area contributed by atoms with Gasteiger partial charge in [-0.05, 0) is 52.0 Å². The highest BCUT2D eigenvalue weighted by atomic mass is 16.2. The van der Waals surface area contributed by atoms with Gasteiger partial charge >= 0.3 is 0 Å². The van der Waals surface area contributed by atoms with E-state index in [1.54, 1.807) is 0 Å². The normalized spacial score (nSPS) is 19.9. The second-order valence-electron chi connectivity index (χ2n) is 6.33. The third kappa shape index (κ3) is 2.53. The molecule has 1 amide bonds. The van der Waals surface area contributed by atoms with Crippen molar-refractivity contribution in [2.45, 2.75) is 59.5 Å². The van der Waals surface area contributed by atoms with Crippen molar-refractivity contribution in [2.24, 2.45) is 5.41 Å². The molecule has 1 aliphatic carbocycles. The summed E-state index contributed by atoms with van der Waals surface area (Å²) in [4.78, 5) is 14.5. The molecular formula is C15H25N3O. The summed E-state index contributed by atoms with van der Waals surface area (Å²) in [7, 11) is 1.92. The van der Waals surface area contributed by atoms with Crippen molar-refractivity contribution in [3.63, 3.8) is 0 Å². The molecule has 2 rings (SSSR count). The van der Waals surface area contributed by atoms with Gasteiger partial charge in [0.15, 0.2) is 0 Å². The highest BCUT2D eigenvalue weighted by molar-refractivity contribution is 5.80. The SMILES string of the molecule is Cc1cc(C)n(C(C)C(=O)N(C)C(C)C2(C)CC2)n1. The molecule has 1 aromatic heterocycles. The number of carbonyl (C=O) groups is 1. The van der Waals surface area contributed by atoms with Gasteiger partial charge in [0.1, 0.15) is 6.04 Å². The van der Waals surface area contributed by atoms with Crippen molar-refractivity contribution in [3.8, 4) is 0 Å². The summed E-state index contributed by atoms with van der Waals surface area (Å²) in [5.74, 6) is 0.145. The molecule has 0 bridgehead atoms. The Morgan fingerprint density at radius 3 is 2.42 bits per heavy atom. The average Bonchev–Trinajstić information content (AvgIpc) is 3.02. The molecule has 0 spiro atoms. The molecule has 1 heterocycles. The molecule has 0 aromatic carbocycles. The molecule has 1 aromatic rings.